The van der Waals surface area contributed by atoms with E-state index < -0.39 is 0 Å². The Morgan fingerprint density at radius 1 is 1.31 bits per heavy atom. The second-order valence-electron chi connectivity index (χ2n) is 3.49. The number of hydrogen-bond acceptors (Lipinski definition) is 4. The maximum Gasteiger partial charge on any atom is 0.223 e. The van der Waals surface area contributed by atoms with E-state index in [1.54, 1.807) is 0 Å². The van der Waals surface area contributed by atoms with Crippen LogP contribution in [0, 0.1) is 0 Å². The lowest BCUT2D eigenvalue weighted by Gasteiger charge is -2.01. The van der Waals surface area contributed by atoms with Crippen LogP contribution in [0.1, 0.15) is 43.8 Å². The predicted octanol–water partition coefficient (Wildman–Crippen LogP) is 1.28. The zero-order valence-corrected chi connectivity index (χ0v) is 7.82. The number of nitrogens with two attached hydrogens (primary N) is 1. The Balaban J connectivity index is 2.25. The number of nitrogen functional groups attached to an aromatic ring is 1. The standard InChI is InChI=1S/C9H14N4/c1-2-3-7-11-8(6-4-5-6)13-9(10)12-7/h6H,2-5H2,1H3,(H2,10,11,12,13). The largest absolute Gasteiger partial charge is 0.368 e. The smallest absolute Gasteiger partial charge is 0.223 e. The fraction of sp³-hybridized carbons (Fsp3) is 0.667. The summed E-state index contributed by atoms with van der Waals surface area (Å²) in [6, 6.07) is 0. The van der Waals surface area contributed by atoms with Gasteiger partial charge in [0.25, 0.3) is 0 Å². The molecule has 13 heavy (non-hydrogen) atoms. The van der Waals surface area contributed by atoms with Crippen molar-refractivity contribution in [2.24, 2.45) is 0 Å². The van der Waals surface area contributed by atoms with Crippen molar-refractivity contribution >= 4 is 5.95 Å². The summed E-state index contributed by atoms with van der Waals surface area (Å²) in [5.41, 5.74) is 5.59. The van der Waals surface area contributed by atoms with Gasteiger partial charge in [-0.25, -0.2) is 4.98 Å². The highest BCUT2D eigenvalue weighted by Gasteiger charge is 2.27. The van der Waals surface area contributed by atoms with Gasteiger partial charge in [0.2, 0.25) is 5.95 Å². The van der Waals surface area contributed by atoms with E-state index in [2.05, 4.69) is 21.9 Å². The molecule has 1 saturated carbocycles. The minimum atomic E-state index is 0.375. The van der Waals surface area contributed by atoms with E-state index in [1.807, 2.05) is 0 Å². The third-order valence-electron chi connectivity index (χ3n) is 2.13. The van der Waals surface area contributed by atoms with Crippen LogP contribution >= 0.6 is 0 Å². The molecule has 4 nitrogen and oxygen atoms in total. The lowest BCUT2D eigenvalue weighted by atomic mass is 10.3. The topological polar surface area (TPSA) is 64.7 Å². The number of aromatic nitrogens is 3. The summed E-state index contributed by atoms with van der Waals surface area (Å²) in [5.74, 6) is 2.68. The van der Waals surface area contributed by atoms with Crippen LogP contribution in [0.3, 0.4) is 0 Å². The van der Waals surface area contributed by atoms with Crippen LogP contribution in [-0.4, -0.2) is 15.0 Å². The van der Waals surface area contributed by atoms with Crippen LogP contribution in [-0.2, 0) is 6.42 Å². The highest BCUT2D eigenvalue weighted by Crippen LogP contribution is 2.37. The van der Waals surface area contributed by atoms with E-state index in [0.29, 0.717) is 11.9 Å². The van der Waals surface area contributed by atoms with Gasteiger partial charge in [-0.05, 0) is 19.3 Å². The first-order valence-corrected chi connectivity index (χ1v) is 4.80. The third kappa shape index (κ3) is 1.94. The molecule has 2 rings (SSSR count). The molecule has 0 amide bonds. The summed E-state index contributed by atoms with van der Waals surface area (Å²) in [5, 5.41) is 0. The number of nitrogens with zero attached hydrogens (tertiary/aromatic N) is 3. The van der Waals surface area contributed by atoms with E-state index in [-0.39, 0.29) is 0 Å². The van der Waals surface area contributed by atoms with E-state index in [9.17, 15) is 0 Å². The molecule has 4 heteroatoms. The fourth-order valence-corrected chi connectivity index (χ4v) is 1.32. The zero-order chi connectivity index (χ0) is 9.26. The van der Waals surface area contributed by atoms with Crippen LogP contribution in [0.2, 0.25) is 0 Å². The van der Waals surface area contributed by atoms with E-state index in [0.717, 1.165) is 24.5 Å². The molecule has 0 aliphatic heterocycles. The molecule has 1 aromatic rings. The normalized spacial score (nSPS) is 16.1. The number of anilines is 1. The Kier molecular flexibility index (Phi) is 2.12. The number of hydrogen-bond donors (Lipinski definition) is 1. The molecule has 0 radical (unpaired) electrons. The molecule has 1 aliphatic carbocycles. The lowest BCUT2D eigenvalue weighted by molar-refractivity contribution is 0.782. The van der Waals surface area contributed by atoms with Gasteiger partial charge in [0, 0.05) is 12.3 Å². The highest BCUT2D eigenvalue weighted by atomic mass is 15.1. The Bertz CT molecular complexity index is 306. The van der Waals surface area contributed by atoms with E-state index in [1.165, 1.54) is 12.8 Å². The quantitative estimate of drug-likeness (QED) is 0.757. The van der Waals surface area contributed by atoms with Crippen LogP contribution < -0.4 is 5.73 Å². The molecule has 0 bridgehead atoms. The molecule has 1 heterocycles. The number of aryl methyl sites for hydroxylation is 1. The molecule has 0 aromatic carbocycles. The van der Waals surface area contributed by atoms with E-state index in [4.69, 9.17) is 5.73 Å². The molecule has 0 spiro atoms. The molecule has 1 aromatic heterocycles. The molecule has 2 N–H and O–H groups in total. The Morgan fingerprint density at radius 2 is 2.08 bits per heavy atom. The van der Waals surface area contributed by atoms with Crippen molar-refractivity contribution < 1.29 is 0 Å². The second-order valence-corrected chi connectivity index (χ2v) is 3.49. The zero-order valence-electron chi connectivity index (χ0n) is 7.82. The lowest BCUT2D eigenvalue weighted by Crippen LogP contribution is -2.06. The molecule has 1 aliphatic rings. The summed E-state index contributed by atoms with van der Waals surface area (Å²) in [6.45, 7) is 2.11. The monoisotopic (exact) mass is 178 g/mol. The number of rotatable bonds is 3. The van der Waals surface area contributed by atoms with Crippen molar-refractivity contribution in [1.29, 1.82) is 0 Å². The SMILES string of the molecule is CCCc1nc(N)nc(C2CC2)n1. The first-order chi connectivity index (χ1) is 6.29. The Morgan fingerprint density at radius 3 is 2.69 bits per heavy atom. The minimum absolute atomic E-state index is 0.375. The van der Waals surface area contributed by atoms with Crippen LogP contribution in [0.15, 0.2) is 0 Å². The molecule has 0 saturated heterocycles. The molecule has 1 fully saturated rings. The van der Waals surface area contributed by atoms with Crippen molar-refractivity contribution in [1.82, 2.24) is 15.0 Å². The highest BCUT2D eigenvalue weighted by molar-refractivity contribution is 5.19. The minimum Gasteiger partial charge on any atom is -0.368 e. The Hall–Kier alpha value is -1.19. The summed E-state index contributed by atoms with van der Waals surface area (Å²) < 4.78 is 0. The van der Waals surface area contributed by atoms with Gasteiger partial charge < -0.3 is 5.73 Å². The van der Waals surface area contributed by atoms with Gasteiger partial charge in [-0.2, -0.15) is 9.97 Å². The average Bonchev–Trinajstić information content (AvgIpc) is 2.85. The van der Waals surface area contributed by atoms with Gasteiger partial charge >= 0.3 is 0 Å². The third-order valence-corrected chi connectivity index (χ3v) is 2.13. The van der Waals surface area contributed by atoms with Gasteiger partial charge in [-0.15, -0.1) is 0 Å². The molecular formula is C9H14N4. The maximum absolute atomic E-state index is 5.59. The molecular weight excluding hydrogens is 164 g/mol. The predicted molar refractivity (Wildman–Crippen MR) is 50.2 cm³/mol. The van der Waals surface area contributed by atoms with Gasteiger partial charge in [-0.3, -0.25) is 0 Å². The van der Waals surface area contributed by atoms with Crippen LogP contribution in [0.25, 0.3) is 0 Å². The average molecular weight is 178 g/mol. The summed E-state index contributed by atoms with van der Waals surface area (Å²) in [4.78, 5) is 12.6. The fourth-order valence-electron chi connectivity index (χ4n) is 1.32. The van der Waals surface area contributed by atoms with Gasteiger partial charge in [0.15, 0.2) is 0 Å². The first kappa shape index (κ1) is 8.41. The summed E-state index contributed by atoms with van der Waals surface area (Å²) in [7, 11) is 0. The maximum atomic E-state index is 5.59. The van der Waals surface area contributed by atoms with Gasteiger partial charge in [0.1, 0.15) is 11.6 Å². The van der Waals surface area contributed by atoms with Gasteiger partial charge in [-0.1, -0.05) is 6.92 Å². The molecule has 70 valence electrons. The van der Waals surface area contributed by atoms with E-state index >= 15 is 0 Å². The van der Waals surface area contributed by atoms with Crippen molar-refractivity contribution in [3.8, 4) is 0 Å². The Labute approximate surface area is 77.6 Å². The van der Waals surface area contributed by atoms with Crippen LogP contribution in [0.5, 0.6) is 0 Å². The van der Waals surface area contributed by atoms with Gasteiger partial charge in [0.05, 0.1) is 0 Å². The van der Waals surface area contributed by atoms with Crippen molar-refractivity contribution in [2.75, 3.05) is 5.73 Å². The summed E-state index contributed by atoms with van der Waals surface area (Å²) >= 11 is 0. The van der Waals surface area contributed by atoms with Crippen molar-refractivity contribution in [2.45, 2.75) is 38.5 Å². The van der Waals surface area contributed by atoms with Crippen molar-refractivity contribution in [3.63, 3.8) is 0 Å². The summed E-state index contributed by atoms with van der Waals surface area (Å²) in [6.07, 6.45) is 4.35. The first-order valence-electron chi connectivity index (χ1n) is 4.80. The van der Waals surface area contributed by atoms with Crippen LogP contribution in [0.4, 0.5) is 5.95 Å². The van der Waals surface area contributed by atoms with Crippen molar-refractivity contribution in [3.05, 3.63) is 11.6 Å². The molecule has 0 atom stereocenters. The second kappa shape index (κ2) is 3.28. The molecule has 0 unspecified atom stereocenters.